The second kappa shape index (κ2) is 5.47. The van der Waals surface area contributed by atoms with Crippen LogP contribution in [0.2, 0.25) is 0 Å². The third-order valence-corrected chi connectivity index (χ3v) is 1.54. The first kappa shape index (κ1) is 11.8. The van der Waals surface area contributed by atoms with Crippen LogP contribution in [0.3, 0.4) is 0 Å². The van der Waals surface area contributed by atoms with Crippen LogP contribution in [0, 0.1) is 10.1 Å². The Bertz CT molecular complexity index is 193. The zero-order valence-electron chi connectivity index (χ0n) is 7.60. The van der Waals surface area contributed by atoms with Gasteiger partial charge < -0.3 is 9.84 Å². The van der Waals surface area contributed by atoms with E-state index in [1.165, 1.54) is 0 Å². The van der Waals surface area contributed by atoms with Crippen molar-refractivity contribution in [1.29, 1.82) is 0 Å². The molecule has 0 fully saturated rings. The van der Waals surface area contributed by atoms with E-state index in [1.807, 2.05) is 0 Å². The highest BCUT2D eigenvalue weighted by Crippen LogP contribution is 2.04. The number of esters is 1. The number of hydrogen-bond acceptors (Lipinski definition) is 5. The monoisotopic (exact) mass is 191 g/mol. The Kier molecular flexibility index (Phi) is 4.98. The quantitative estimate of drug-likeness (QED) is 0.374. The third kappa shape index (κ3) is 3.37. The van der Waals surface area contributed by atoms with Crippen LogP contribution in [0.5, 0.6) is 0 Å². The minimum Gasteiger partial charge on any atom is -0.461 e. The number of rotatable bonds is 5. The Labute approximate surface area is 75.7 Å². The minimum atomic E-state index is -1.66. The number of aliphatic hydroxyl groups is 1. The number of nitro groups is 1. The van der Waals surface area contributed by atoms with Gasteiger partial charge in [0.2, 0.25) is 0 Å². The molecule has 6 heteroatoms. The number of ether oxygens (including phenoxy) is 1. The molecular weight excluding hydrogens is 178 g/mol. The largest absolute Gasteiger partial charge is 0.461 e. The summed E-state index contributed by atoms with van der Waals surface area (Å²) in [4.78, 5) is 20.5. The van der Waals surface area contributed by atoms with Crippen LogP contribution >= 0.6 is 0 Å². The molecule has 0 rings (SSSR count). The van der Waals surface area contributed by atoms with Gasteiger partial charge in [-0.3, -0.25) is 10.1 Å². The molecule has 0 saturated carbocycles. The molecule has 0 saturated heterocycles. The fourth-order valence-electron chi connectivity index (χ4n) is 0.835. The van der Waals surface area contributed by atoms with Crippen molar-refractivity contribution >= 4 is 5.97 Å². The van der Waals surface area contributed by atoms with Crippen LogP contribution in [-0.4, -0.2) is 34.8 Å². The number of carbonyl (C=O) groups excluding carboxylic acids is 1. The molecule has 0 bridgehead atoms. The van der Waals surface area contributed by atoms with Crippen LogP contribution in [-0.2, 0) is 9.53 Å². The van der Waals surface area contributed by atoms with E-state index in [4.69, 9.17) is 5.11 Å². The number of hydrogen-bond donors (Lipinski definition) is 1. The fourth-order valence-corrected chi connectivity index (χ4v) is 0.835. The van der Waals surface area contributed by atoms with Gasteiger partial charge in [0.25, 0.3) is 0 Å². The molecule has 0 aliphatic heterocycles. The van der Waals surface area contributed by atoms with Crippen molar-refractivity contribution in [3.05, 3.63) is 10.1 Å². The normalized spacial score (nSPS) is 14.7. The topological polar surface area (TPSA) is 89.7 Å². The van der Waals surface area contributed by atoms with Crippen LogP contribution in [0.4, 0.5) is 0 Å². The average molecular weight is 191 g/mol. The molecule has 76 valence electrons. The molecule has 0 aromatic carbocycles. The van der Waals surface area contributed by atoms with Crippen molar-refractivity contribution in [3.8, 4) is 0 Å². The maximum atomic E-state index is 11.0. The standard InChI is InChI=1S/C7H13NO5/c1-3-5(9)6(8(11)12)7(10)13-4-2/h5-6,9H,3-4H2,1-2H3. The smallest absolute Gasteiger partial charge is 0.384 e. The van der Waals surface area contributed by atoms with Crippen LogP contribution < -0.4 is 0 Å². The highest BCUT2D eigenvalue weighted by Gasteiger charge is 2.37. The molecule has 0 spiro atoms. The second-order valence-electron chi connectivity index (χ2n) is 2.46. The second-order valence-corrected chi connectivity index (χ2v) is 2.46. The molecule has 13 heavy (non-hydrogen) atoms. The molecule has 0 aliphatic rings. The van der Waals surface area contributed by atoms with E-state index in [1.54, 1.807) is 13.8 Å². The first-order valence-electron chi connectivity index (χ1n) is 4.02. The molecule has 0 heterocycles. The van der Waals surface area contributed by atoms with E-state index in [0.29, 0.717) is 0 Å². The Morgan fingerprint density at radius 1 is 1.62 bits per heavy atom. The van der Waals surface area contributed by atoms with Crippen molar-refractivity contribution in [1.82, 2.24) is 0 Å². The van der Waals surface area contributed by atoms with E-state index in [2.05, 4.69) is 4.74 Å². The van der Waals surface area contributed by atoms with Crippen molar-refractivity contribution in [2.75, 3.05) is 6.61 Å². The van der Waals surface area contributed by atoms with Gasteiger partial charge in [0.05, 0.1) is 6.61 Å². The number of nitrogens with zero attached hydrogens (tertiary/aromatic N) is 1. The molecule has 6 nitrogen and oxygen atoms in total. The van der Waals surface area contributed by atoms with Gasteiger partial charge in [0.1, 0.15) is 6.10 Å². The number of aliphatic hydroxyl groups excluding tert-OH is 1. The van der Waals surface area contributed by atoms with Gasteiger partial charge in [0, 0.05) is 4.92 Å². The summed E-state index contributed by atoms with van der Waals surface area (Å²) in [6.45, 7) is 3.17. The third-order valence-electron chi connectivity index (χ3n) is 1.54. The molecule has 2 atom stereocenters. The lowest BCUT2D eigenvalue weighted by Crippen LogP contribution is -2.41. The van der Waals surface area contributed by atoms with Gasteiger partial charge in [-0.05, 0) is 13.3 Å². The summed E-state index contributed by atoms with van der Waals surface area (Å²) in [7, 11) is 0. The average Bonchev–Trinajstić information content (AvgIpc) is 2.04. The SMILES string of the molecule is CCOC(=O)C(C(O)CC)[N+](=O)[O-]. The van der Waals surface area contributed by atoms with Crippen molar-refractivity contribution in [2.45, 2.75) is 32.4 Å². The molecule has 0 aliphatic carbocycles. The van der Waals surface area contributed by atoms with E-state index >= 15 is 0 Å². The predicted molar refractivity (Wildman–Crippen MR) is 43.7 cm³/mol. The summed E-state index contributed by atoms with van der Waals surface area (Å²) >= 11 is 0. The van der Waals surface area contributed by atoms with Gasteiger partial charge in [-0.15, -0.1) is 0 Å². The zero-order valence-corrected chi connectivity index (χ0v) is 7.60. The predicted octanol–water partition coefficient (Wildman–Crippen LogP) is -0.0343. The minimum absolute atomic E-state index is 0.0691. The molecule has 0 amide bonds. The van der Waals surface area contributed by atoms with Crippen LogP contribution in [0.15, 0.2) is 0 Å². The maximum absolute atomic E-state index is 11.0. The molecule has 1 N–H and O–H groups in total. The summed E-state index contributed by atoms with van der Waals surface area (Å²) in [6, 6.07) is -1.66. The Morgan fingerprint density at radius 3 is 2.46 bits per heavy atom. The van der Waals surface area contributed by atoms with E-state index in [0.717, 1.165) is 0 Å². The first-order chi connectivity index (χ1) is 6.04. The summed E-state index contributed by atoms with van der Waals surface area (Å²) in [6.07, 6.45) is -1.14. The summed E-state index contributed by atoms with van der Waals surface area (Å²) in [5, 5.41) is 19.5. The van der Waals surface area contributed by atoms with Crippen molar-refractivity contribution in [3.63, 3.8) is 0 Å². The van der Waals surface area contributed by atoms with E-state index in [9.17, 15) is 14.9 Å². The molecular formula is C7H13NO5. The van der Waals surface area contributed by atoms with E-state index < -0.39 is 23.0 Å². The lowest BCUT2D eigenvalue weighted by atomic mass is 10.1. The molecule has 2 unspecified atom stereocenters. The molecule has 0 aromatic heterocycles. The van der Waals surface area contributed by atoms with Gasteiger partial charge in [-0.2, -0.15) is 0 Å². The molecule has 0 radical (unpaired) electrons. The van der Waals surface area contributed by atoms with Gasteiger partial charge in [0.15, 0.2) is 0 Å². The summed E-state index contributed by atoms with van der Waals surface area (Å²) < 4.78 is 4.45. The van der Waals surface area contributed by atoms with Gasteiger partial charge in [-0.25, -0.2) is 4.79 Å². The van der Waals surface area contributed by atoms with E-state index in [-0.39, 0.29) is 13.0 Å². The lowest BCUT2D eigenvalue weighted by Gasteiger charge is -2.12. The number of carbonyl (C=O) groups is 1. The van der Waals surface area contributed by atoms with Crippen molar-refractivity contribution < 1.29 is 19.6 Å². The Morgan fingerprint density at radius 2 is 2.15 bits per heavy atom. The van der Waals surface area contributed by atoms with Crippen LogP contribution in [0.25, 0.3) is 0 Å². The first-order valence-corrected chi connectivity index (χ1v) is 4.02. The Hall–Kier alpha value is -1.17. The summed E-state index contributed by atoms with van der Waals surface area (Å²) in [5.74, 6) is -0.984. The maximum Gasteiger partial charge on any atom is 0.384 e. The van der Waals surface area contributed by atoms with Crippen LogP contribution in [0.1, 0.15) is 20.3 Å². The van der Waals surface area contributed by atoms with Crippen molar-refractivity contribution in [2.24, 2.45) is 0 Å². The fraction of sp³-hybridized carbons (Fsp3) is 0.857. The highest BCUT2D eigenvalue weighted by atomic mass is 16.6. The Balaban J connectivity index is 4.41. The highest BCUT2D eigenvalue weighted by molar-refractivity contribution is 5.75. The zero-order chi connectivity index (χ0) is 10.4. The van der Waals surface area contributed by atoms with Gasteiger partial charge >= 0.3 is 12.0 Å². The van der Waals surface area contributed by atoms with Gasteiger partial charge in [-0.1, -0.05) is 6.92 Å². The summed E-state index contributed by atoms with van der Waals surface area (Å²) in [5.41, 5.74) is 0. The lowest BCUT2D eigenvalue weighted by molar-refractivity contribution is -0.521. The molecule has 0 aromatic rings.